The van der Waals surface area contributed by atoms with Crippen LogP contribution in [0.25, 0.3) is 0 Å². The zero-order valence-electron chi connectivity index (χ0n) is 16.5. The Balaban J connectivity index is 0.00000576. The fraction of sp³-hybridized carbons (Fsp3) is 0.889. The van der Waals surface area contributed by atoms with Gasteiger partial charge in [-0.05, 0) is 40.7 Å². The maximum Gasteiger partial charge on any atom is 0.224 e. The number of carbonyl (C=O) groups excluding carboxylic acids is 1. The van der Waals surface area contributed by atoms with Crippen LogP contribution in [0.4, 0.5) is 0 Å². The van der Waals surface area contributed by atoms with Crippen LogP contribution in [0.5, 0.6) is 0 Å². The van der Waals surface area contributed by atoms with E-state index >= 15 is 0 Å². The van der Waals surface area contributed by atoms with Crippen molar-refractivity contribution in [1.29, 1.82) is 0 Å². The Morgan fingerprint density at radius 2 is 1.76 bits per heavy atom. The Kier molecular flexibility index (Phi) is 14.3. The predicted molar refractivity (Wildman–Crippen MR) is 117 cm³/mol. The topological polar surface area (TPSA) is 60.0 Å². The summed E-state index contributed by atoms with van der Waals surface area (Å²) in [6, 6.07) is 0.738. The Morgan fingerprint density at radius 1 is 1.12 bits per heavy atom. The molecule has 0 unspecified atom stereocenters. The number of hydrogen-bond acceptors (Lipinski definition) is 3. The first-order valence-corrected chi connectivity index (χ1v) is 9.62. The van der Waals surface area contributed by atoms with Crippen LogP contribution in [-0.2, 0) is 4.79 Å². The van der Waals surface area contributed by atoms with E-state index in [0.717, 1.165) is 44.7 Å². The van der Waals surface area contributed by atoms with Gasteiger partial charge in [0.05, 0.1) is 6.54 Å². The van der Waals surface area contributed by atoms with E-state index in [9.17, 15) is 4.79 Å². The van der Waals surface area contributed by atoms with Crippen molar-refractivity contribution >= 4 is 35.8 Å². The van der Waals surface area contributed by atoms with Gasteiger partial charge in [0.2, 0.25) is 5.91 Å². The van der Waals surface area contributed by atoms with Crippen molar-refractivity contribution in [3.63, 3.8) is 0 Å². The number of carbonyl (C=O) groups is 1. The van der Waals surface area contributed by atoms with E-state index in [4.69, 9.17) is 0 Å². The molecule has 6 nitrogen and oxygen atoms in total. The quantitative estimate of drug-likeness (QED) is 0.294. The fourth-order valence-electron chi connectivity index (χ4n) is 3.21. The number of likely N-dealkylation sites (N-methyl/N-ethyl adjacent to an activating group) is 1. The second-order valence-corrected chi connectivity index (χ2v) is 6.42. The van der Waals surface area contributed by atoms with Crippen LogP contribution in [0.3, 0.4) is 0 Å². The maximum atomic E-state index is 12.0. The molecular weight excluding hydrogens is 429 g/mol. The third-order valence-corrected chi connectivity index (χ3v) is 4.76. The van der Waals surface area contributed by atoms with Crippen molar-refractivity contribution in [3.8, 4) is 0 Å². The van der Waals surface area contributed by atoms with E-state index in [1.165, 1.54) is 25.7 Å². The van der Waals surface area contributed by atoms with Crippen LogP contribution >= 0.6 is 24.0 Å². The molecule has 0 aromatic carbocycles. The van der Waals surface area contributed by atoms with Gasteiger partial charge in [-0.15, -0.1) is 24.0 Å². The molecule has 2 N–H and O–H groups in total. The predicted octanol–water partition coefficient (Wildman–Crippen LogP) is 2.29. The highest BCUT2D eigenvalue weighted by Gasteiger charge is 2.18. The minimum atomic E-state index is 0. The third kappa shape index (κ3) is 9.63. The molecule has 7 heteroatoms. The maximum absolute atomic E-state index is 12.0. The number of aliphatic imine (C=N–C) groups is 1. The molecule has 25 heavy (non-hydrogen) atoms. The van der Waals surface area contributed by atoms with Gasteiger partial charge in [0.25, 0.3) is 0 Å². The molecule has 148 valence electrons. The van der Waals surface area contributed by atoms with Gasteiger partial charge in [0.1, 0.15) is 0 Å². The first-order valence-electron chi connectivity index (χ1n) is 9.62. The lowest BCUT2D eigenvalue weighted by Gasteiger charge is -2.23. The molecule has 1 aliphatic rings. The molecule has 1 aliphatic carbocycles. The molecular formula is C18H38IN5O. The average Bonchev–Trinajstić information content (AvgIpc) is 3.10. The van der Waals surface area contributed by atoms with E-state index in [0.29, 0.717) is 13.0 Å². The lowest BCUT2D eigenvalue weighted by Crippen LogP contribution is -2.40. The van der Waals surface area contributed by atoms with Crippen molar-refractivity contribution in [2.45, 2.75) is 58.9 Å². The SMILES string of the molecule is CCNC(=NCCN(C)C1CCCC1)NCCC(=O)N(CC)CC.I. The highest BCUT2D eigenvalue weighted by atomic mass is 127. The summed E-state index contributed by atoms with van der Waals surface area (Å²) in [5.74, 6) is 1.01. The van der Waals surface area contributed by atoms with Crippen LogP contribution in [0.1, 0.15) is 52.9 Å². The van der Waals surface area contributed by atoms with Gasteiger partial charge in [0.15, 0.2) is 5.96 Å². The highest BCUT2D eigenvalue weighted by molar-refractivity contribution is 14.0. The second-order valence-electron chi connectivity index (χ2n) is 6.42. The second kappa shape index (κ2) is 14.6. The third-order valence-electron chi connectivity index (χ3n) is 4.76. The van der Waals surface area contributed by atoms with E-state index < -0.39 is 0 Å². The van der Waals surface area contributed by atoms with E-state index in [-0.39, 0.29) is 29.9 Å². The first kappa shape index (κ1) is 24.4. The molecule has 0 atom stereocenters. The molecule has 1 saturated carbocycles. The molecule has 0 radical (unpaired) electrons. The summed E-state index contributed by atoms with van der Waals surface area (Å²) in [6.07, 6.45) is 5.89. The number of amides is 1. The molecule has 1 amide bonds. The lowest BCUT2D eigenvalue weighted by molar-refractivity contribution is -0.130. The van der Waals surface area contributed by atoms with Gasteiger partial charge < -0.3 is 20.4 Å². The molecule has 0 aromatic rings. The Bertz CT molecular complexity index is 382. The monoisotopic (exact) mass is 467 g/mol. The standard InChI is InChI=1S/C18H37N5O.HI/c1-5-19-18(20-13-12-17(24)23(6-2)7-3)21-14-15-22(4)16-10-8-9-11-16;/h16H,5-15H2,1-4H3,(H2,19,20,21);1H. The van der Waals surface area contributed by atoms with Gasteiger partial charge in [-0.1, -0.05) is 12.8 Å². The summed E-state index contributed by atoms with van der Waals surface area (Å²) in [4.78, 5) is 20.9. The van der Waals surface area contributed by atoms with E-state index in [1.807, 2.05) is 18.7 Å². The summed E-state index contributed by atoms with van der Waals surface area (Å²) in [5.41, 5.74) is 0. The van der Waals surface area contributed by atoms with Crippen molar-refractivity contribution in [2.75, 3.05) is 46.3 Å². The Labute approximate surface area is 171 Å². The molecule has 0 aromatic heterocycles. The smallest absolute Gasteiger partial charge is 0.224 e. The van der Waals surface area contributed by atoms with Crippen LogP contribution < -0.4 is 10.6 Å². The number of guanidine groups is 1. The minimum absolute atomic E-state index is 0. The van der Waals surface area contributed by atoms with Crippen molar-refractivity contribution < 1.29 is 4.79 Å². The molecule has 0 spiro atoms. The van der Waals surface area contributed by atoms with Gasteiger partial charge in [-0.25, -0.2) is 0 Å². The average molecular weight is 467 g/mol. The lowest BCUT2D eigenvalue weighted by atomic mass is 10.2. The number of rotatable bonds is 10. The van der Waals surface area contributed by atoms with Crippen LogP contribution in [0, 0.1) is 0 Å². The zero-order valence-corrected chi connectivity index (χ0v) is 18.8. The summed E-state index contributed by atoms with van der Waals surface area (Å²) >= 11 is 0. The Hall–Kier alpha value is -0.570. The minimum Gasteiger partial charge on any atom is -0.357 e. The van der Waals surface area contributed by atoms with Crippen molar-refractivity contribution in [2.24, 2.45) is 4.99 Å². The molecule has 0 bridgehead atoms. The number of halogens is 1. The zero-order chi connectivity index (χ0) is 17.8. The summed E-state index contributed by atoms with van der Waals surface area (Å²) in [7, 11) is 2.20. The highest BCUT2D eigenvalue weighted by Crippen LogP contribution is 2.21. The molecule has 0 aliphatic heterocycles. The summed E-state index contributed by atoms with van der Waals surface area (Å²) in [5, 5.41) is 6.52. The number of nitrogens with one attached hydrogen (secondary N) is 2. The largest absolute Gasteiger partial charge is 0.357 e. The fourth-order valence-corrected chi connectivity index (χ4v) is 3.21. The van der Waals surface area contributed by atoms with Gasteiger partial charge in [0, 0.05) is 45.2 Å². The van der Waals surface area contributed by atoms with Gasteiger partial charge >= 0.3 is 0 Å². The van der Waals surface area contributed by atoms with E-state index in [1.54, 1.807) is 0 Å². The molecule has 0 heterocycles. The molecule has 0 saturated heterocycles. The number of hydrogen-bond donors (Lipinski definition) is 2. The van der Waals surface area contributed by atoms with Gasteiger partial charge in [-0.2, -0.15) is 0 Å². The molecule has 1 rings (SSSR count). The first-order chi connectivity index (χ1) is 11.6. The van der Waals surface area contributed by atoms with Crippen molar-refractivity contribution in [3.05, 3.63) is 0 Å². The van der Waals surface area contributed by atoms with Crippen LogP contribution in [0.15, 0.2) is 4.99 Å². The Morgan fingerprint density at radius 3 is 2.32 bits per heavy atom. The van der Waals surface area contributed by atoms with Crippen LogP contribution in [0.2, 0.25) is 0 Å². The van der Waals surface area contributed by atoms with E-state index in [2.05, 4.69) is 34.5 Å². The molecule has 1 fully saturated rings. The normalized spacial score (nSPS) is 15.2. The number of nitrogens with zero attached hydrogens (tertiary/aromatic N) is 3. The van der Waals surface area contributed by atoms with Gasteiger partial charge in [-0.3, -0.25) is 9.79 Å². The van der Waals surface area contributed by atoms with Crippen molar-refractivity contribution in [1.82, 2.24) is 20.4 Å². The summed E-state index contributed by atoms with van der Waals surface area (Å²) in [6.45, 7) is 10.9. The van der Waals surface area contributed by atoms with Crippen LogP contribution in [-0.4, -0.2) is 74.0 Å². The summed E-state index contributed by atoms with van der Waals surface area (Å²) < 4.78 is 0.